The van der Waals surface area contributed by atoms with Gasteiger partial charge in [-0.3, -0.25) is 0 Å². The van der Waals surface area contributed by atoms with Crippen LogP contribution in [0.5, 0.6) is 11.5 Å². The van der Waals surface area contributed by atoms with Crippen molar-refractivity contribution < 1.29 is 19.4 Å². The highest BCUT2D eigenvalue weighted by atomic mass is 16.5. The molecule has 3 aromatic carbocycles. The molecule has 0 spiro atoms. The molecule has 0 bridgehead atoms. The number of carboxylic acid groups (broad SMARTS) is 1. The molecule has 2 N–H and O–H groups in total. The number of allylic oxidation sites excluding steroid dienone is 1. The molecule has 0 radical (unpaired) electrons. The lowest BCUT2D eigenvalue weighted by molar-refractivity contribution is 0.0697. The summed E-state index contributed by atoms with van der Waals surface area (Å²) in [6, 6.07) is 18.1. The molecule has 7 nitrogen and oxygen atoms in total. The molecule has 4 aromatic rings. The van der Waals surface area contributed by atoms with Crippen molar-refractivity contribution in [2.24, 2.45) is 0 Å². The molecule has 0 aliphatic rings. The van der Waals surface area contributed by atoms with Crippen LogP contribution in [0.3, 0.4) is 0 Å². The zero-order valence-corrected chi connectivity index (χ0v) is 19.0. The van der Waals surface area contributed by atoms with Crippen molar-refractivity contribution in [3.05, 3.63) is 88.2 Å². The molecule has 1 heterocycles. The predicted molar refractivity (Wildman–Crippen MR) is 130 cm³/mol. The van der Waals surface area contributed by atoms with Crippen LogP contribution in [0.15, 0.2) is 54.6 Å². The molecule has 0 atom stereocenters. The molecule has 0 amide bonds. The van der Waals surface area contributed by atoms with E-state index in [1.54, 1.807) is 37.5 Å². The lowest BCUT2D eigenvalue weighted by Gasteiger charge is -2.12. The Bertz CT molecular complexity index is 1400. The van der Waals surface area contributed by atoms with Gasteiger partial charge in [0.2, 0.25) is 0 Å². The Labute approximate surface area is 196 Å². The zero-order chi connectivity index (χ0) is 24.2. The van der Waals surface area contributed by atoms with E-state index in [2.05, 4.69) is 16.0 Å². The molecule has 0 aliphatic carbocycles. The molecular weight excluding hydrogens is 430 g/mol. The van der Waals surface area contributed by atoms with E-state index in [1.165, 1.54) is 12.1 Å². The van der Waals surface area contributed by atoms with Crippen LogP contribution >= 0.6 is 0 Å². The Morgan fingerprint density at radius 3 is 2.50 bits per heavy atom. The van der Waals surface area contributed by atoms with E-state index in [-0.39, 0.29) is 12.2 Å². The maximum Gasteiger partial charge on any atom is 0.335 e. The van der Waals surface area contributed by atoms with Crippen molar-refractivity contribution in [1.29, 1.82) is 5.26 Å². The monoisotopic (exact) mass is 453 g/mol. The van der Waals surface area contributed by atoms with Gasteiger partial charge in [0.05, 0.1) is 29.3 Å². The van der Waals surface area contributed by atoms with Gasteiger partial charge in [0.25, 0.3) is 0 Å². The lowest BCUT2D eigenvalue weighted by Crippen LogP contribution is -2.00. The highest BCUT2D eigenvalue weighted by Gasteiger charge is 2.11. The first-order chi connectivity index (χ1) is 16.4. The number of aryl methyl sites for hydroxylation is 2. The number of hydrogen-bond donors (Lipinski definition) is 2. The van der Waals surface area contributed by atoms with Crippen LogP contribution in [0.2, 0.25) is 0 Å². The summed E-state index contributed by atoms with van der Waals surface area (Å²) >= 11 is 0. The molecule has 0 fully saturated rings. The Balaban J connectivity index is 1.56. The quantitative estimate of drug-likeness (QED) is 0.356. The molecule has 7 heteroatoms. The van der Waals surface area contributed by atoms with Crippen molar-refractivity contribution in [1.82, 2.24) is 9.97 Å². The van der Waals surface area contributed by atoms with Gasteiger partial charge in [0.1, 0.15) is 18.5 Å². The van der Waals surface area contributed by atoms with Gasteiger partial charge in [-0.25, -0.2) is 9.78 Å². The van der Waals surface area contributed by atoms with E-state index in [4.69, 9.17) is 14.6 Å². The first kappa shape index (κ1) is 22.6. The number of rotatable bonds is 7. The summed E-state index contributed by atoms with van der Waals surface area (Å²) in [5.41, 5.74) is 6.22. The number of fused-ring (bicyclic) bond motifs is 1. The van der Waals surface area contributed by atoms with Crippen LogP contribution in [-0.2, 0) is 6.61 Å². The van der Waals surface area contributed by atoms with Gasteiger partial charge < -0.3 is 19.6 Å². The fourth-order valence-electron chi connectivity index (χ4n) is 3.52. The fraction of sp³-hybridized carbons (Fsp3) is 0.148. The third kappa shape index (κ3) is 4.76. The second kappa shape index (κ2) is 9.51. The normalized spacial score (nSPS) is 11.3. The van der Waals surface area contributed by atoms with E-state index < -0.39 is 5.97 Å². The number of aromatic carboxylic acids is 1. The summed E-state index contributed by atoms with van der Waals surface area (Å²) in [5.74, 6) is 0.591. The van der Waals surface area contributed by atoms with E-state index in [9.17, 15) is 10.1 Å². The van der Waals surface area contributed by atoms with Crippen molar-refractivity contribution in [2.75, 3.05) is 7.11 Å². The Morgan fingerprint density at radius 2 is 1.82 bits per heavy atom. The number of carbonyl (C=O) groups is 1. The van der Waals surface area contributed by atoms with Crippen molar-refractivity contribution in [3.63, 3.8) is 0 Å². The third-order valence-electron chi connectivity index (χ3n) is 5.57. The molecule has 34 heavy (non-hydrogen) atoms. The minimum atomic E-state index is -0.970. The predicted octanol–water partition coefficient (Wildman–Crippen LogP) is 5.53. The van der Waals surface area contributed by atoms with Gasteiger partial charge in [-0.2, -0.15) is 5.26 Å². The highest BCUT2D eigenvalue weighted by molar-refractivity contribution is 5.91. The fourth-order valence-corrected chi connectivity index (χ4v) is 3.52. The summed E-state index contributed by atoms with van der Waals surface area (Å²) in [6.07, 6.45) is 1.74. The second-order valence-corrected chi connectivity index (χ2v) is 7.91. The summed E-state index contributed by atoms with van der Waals surface area (Å²) < 4.78 is 11.4. The molecule has 4 rings (SSSR count). The molecule has 0 aliphatic heterocycles. The van der Waals surface area contributed by atoms with Gasteiger partial charge >= 0.3 is 5.97 Å². The number of nitrogens with one attached hydrogen (secondary N) is 1. The lowest BCUT2D eigenvalue weighted by atomic mass is 10.1. The van der Waals surface area contributed by atoms with Gasteiger partial charge in [-0.05, 0) is 78.6 Å². The smallest absolute Gasteiger partial charge is 0.335 e. The highest BCUT2D eigenvalue weighted by Crippen LogP contribution is 2.30. The summed E-state index contributed by atoms with van der Waals surface area (Å²) in [4.78, 5) is 18.8. The number of ether oxygens (including phenoxy) is 2. The van der Waals surface area contributed by atoms with Crippen LogP contribution in [-0.4, -0.2) is 28.2 Å². The molecule has 0 saturated carbocycles. The first-order valence-corrected chi connectivity index (χ1v) is 10.6. The van der Waals surface area contributed by atoms with Crippen LogP contribution in [0.1, 0.15) is 38.4 Å². The van der Waals surface area contributed by atoms with Crippen LogP contribution in [0.25, 0.3) is 22.7 Å². The number of aromatic amines is 1. The molecular formula is C27H23N3O4. The van der Waals surface area contributed by atoms with Crippen molar-refractivity contribution in [3.8, 4) is 17.6 Å². The average molecular weight is 453 g/mol. The minimum absolute atomic E-state index is 0.223. The van der Waals surface area contributed by atoms with Gasteiger partial charge in [-0.1, -0.05) is 18.2 Å². The van der Waals surface area contributed by atoms with Crippen LogP contribution in [0, 0.1) is 25.2 Å². The SMILES string of the molecule is COc1cc(/C=C(\C#N)c2nc3cc(C)c(C)cc3[nH]2)ccc1OCc1ccc(C(=O)O)cc1. The summed E-state index contributed by atoms with van der Waals surface area (Å²) in [6.45, 7) is 4.33. The number of benzene rings is 3. The Hall–Kier alpha value is -4.57. The van der Waals surface area contributed by atoms with E-state index in [0.29, 0.717) is 22.9 Å². The van der Waals surface area contributed by atoms with Gasteiger partial charge in [0.15, 0.2) is 11.5 Å². The van der Waals surface area contributed by atoms with E-state index in [1.807, 2.05) is 32.0 Å². The Morgan fingerprint density at radius 1 is 1.09 bits per heavy atom. The topological polar surface area (TPSA) is 108 Å². The molecule has 1 aromatic heterocycles. The molecule has 0 saturated heterocycles. The summed E-state index contributed by atoms with van der Waals surface area (Å²) in [5, 5.41) is 18.8. The largest absolute Gasteiger partial charge is 0.493 e. The number of methoxy groups -OCH3 is 1. The Kier molecular flexibility index (Phi) is 6.33. The second-order valence-electron chi connectivity index (χ2n) is 7.91. The third-order valence-corrected chi connectivity index (χ3v) is 5.57. The molecule has 0 unspecified atom stereocenters. The minimum Gasteiger partial charge on any atom is -0.493 e. The van der Waals surface area contributed by atoms with E-state index in [0.717, 1.165) is 33.3 Å². The zero-order valence-electron chi connectivity index (χ0n) is 19.0. The van der Waals surface area contributed by atoms with Gasteiger partial charge in [0, 0.05) is 0 Å². The first-order valence-electron chi connectivity index (χ1n) is 10.6. The van der Waals surface area contributed by atoms with E-state index >= 15 is 0 Å². The number of imidazole rings is 1. The number of nitriles is 1. The number of H-pyrrole nitrogens is 1. The van der Waals surface area contributed by atoms with Crippen molar-refractivity contribution >= 4 is 28.7 Å². The number of hydrogen-bond acceptors (Lipinski definition) is 5. The summed E-state index contributed by atoms with van der Waals surface area (Å²) in [7, 11) is 1.55. The number of carboxylic acids is 1. The van der Waals surface area contributed by atoms with Gasteiger partial charge in [-0.15, -0.1) is 0 Å². The number of nitrogens with zero attached hydrogens (tertiary/aromatic N) is 2. The maximum absolute atomic E-state index is 11.0. The average Bonchev–Trinajstić information content (AvgIpc) is 3.24. The maximum atomic E-state index is 11.0. The standard InChI is InChI=1S/C27H23N3O4/c1-16-10-22-23(11-17(16)2)30-26(29-22)21(14-28)12-19-6-9-24(25(13-19)33-3)34-15-18-4-7-20(8-5-18)27(31)32/h4-13H,15H2,1-3H3,(H,29,30)(H,31,32)/b21-12+. The van der Waals surface area contributed by atoms with Crippen LogP contribution < -0.4 is 9.47 Å². The van der Waals surface area contributed by atoms with Crippen molar-refractivity contribution in [2.45, 2.75) is 20.5 Å². The number of aromatic nitrogens is 2. The molecule has 170 valence electrons. The van der Waals surface area contributed by atoms with Crippen LogP contribution in [0.4, 0.5) is 0 Å².